The van der Waals surface area contributed by atoms with E-state index in [4.69, 9.17) is 4.74 Å². The van der Waals surface area contributed by atoms with E-state index in [1.165, 1.54) is 19.3 Å². The fourth-order valence-electron chi connectivity index (χ4n) is 2.97. The Morgan fingerprint density at radius 3 is 2.74 bits per heavy atom. The highest BCUT2D eigenvalue weighted by atomic mass is 16.5. The van der Waals surface area contributed by atoms with Gasteiger partial charge in [-0.3, -0.25) is 9.89 Å². The third kappa shape index (κ3) is 2.26. The van der Waals surface area contributed by atoms with Gasteiger partial charge in [0.25, 0.3) is 0 Å². The molecule has 3 rings (SSSR count). The molecular weight excluding hydrogens is 242 g/mol. The quantitative estimate of drug-likeness (QED) is 0.847. The summed E-state index contributed by atoms with van der Waals surface area (Å²) in [5.41, 5.74) is -0.599. The van der Waals surface area contributed by atoms with E-state index in [2.05, 4.69) is 15.2 Å². The maximum atomic E-state index is 12.4. The number of rotatable bonds is 4. The van der Waals surface area contributed by atoms with E-state index >= 15 is 0 Å². The number of H-pyrrole nitrogens is 1. The van der Waals surface area contributed by atoms with Crippen molar-refractivity contribution in [2.75, 3.05) is 6.61 Å². The van der Waals surface area contributed by atoms with Crippen molar-refractivity contribution >= 4 is 5.97 Å². The van der Waals surface area contributed by atoms with Crippen LogP contribution in [0.2, 0.25) is 0 Å². The Labute approximate surface area is 113 Å². The lowest BCUT2D eigenvalue weighted by molar-refractivity contribution is -0.152. The van der Waals surface area contributed by atoms with Crippen LogP contribution in [0, 0.1) is 0 Å². The number of aromatic nitrogens is 3. The van der Waals surface area contributed by atoms with Gasteiger partial charge in [0.15, 0.2) is 5.82 Å². The van der Waals surface area contributed by atoms with Crippen molar-refractivity contribution in [2.24, 2.45) is 0 Å². The van der Waals surface area contributed by atoms with Gasteiger partial charge in [-0.15, -0.1) is 0 Å². The summed E-state index contributed by atoms with van der Waals surface area (Å²) >= 11 is 0. The van der Waals surface area contributed by atoms with Crippen LogP contribution in [0.5, 0.6) is 0 Å². The number of nitrogens with one attached hydrogen (secondary N) is 1. The average Bonchev–Trinajstić information content (AvgIpc) is 3.17. The zero-order valence-electron chi connectivity index (χ0n) is 11.4. The van der Waals surface area contributed by atoms with Gasteiger partial charge in [-0.25, -0.2) is 4.98 Å². The second-order valence-electron chi connectivity index (χ2n) is 5.68. The van der Waals surface area contributed by atoms with E-state index in [1.54, 1.807) is 0 Å². The zero-order valence-corrected chi connectivity index (χ0v) is 11.4. The number of ether oxygens (including phenoxy) is 1. The Kier molecular flexibility index (Phi) is 3.29. The molecule has 0 radical (unpaired) electrons. The third-order valence-electron chi connectivity index (χ3n) is 4.27. The molecule has 0 bridgehead atoms. The van der Waals surface area contributed by atoms with Crippen molar-refractivity contribution in [3.63, 3.8) is 0 Å². The summed E-state index contributed by atoms with van der Waals surface area (Å²) in [6.07, 6.45) is 7.27. The minimum atomic E-state index is -0.599. The summed E-state index contributed by atoms with van der Waals surface area (Å²) in [5.74, 6) is 2.00. The minimum absolute atomic E-state index is 0.143. The Balaban J connectivity index is 1.89. The summed E-state index contributed by atoms with van der Waals surface area (Å²) in [4.78, 5) is 17.0. The lowest BCUT2D eigenvalue weighted by Gasteiger charge is -2.32. The van der Waals surface area contributed by atoms with Gasteiger partial charge < -0.3 is 4.74 Å². The van der Waals surface area contributed by atoms with E-state index in [0.717, 1.165) is 31.5 Å². The molecule has 19 heavy (non-hydrogen) atoms. The molecule has 0 unspecified atom stereocenters. The second-order valence-corrected chi connectivity index (χ2v) is 5.68. The maximum Gasteiger partial charge on any atom is 0.319 e. The molecule has 0 aliphatic heterocycles. The molecule has 0 saturated heterocycles. The molecule has 2 aliphatic rings. The van der Waals surface area contributed by atoms with Crippen molar-refractivity contribution < 1.29 is 9.53 Å². The molecule has 0 atom stereocenters. The largest absolute Gasteiger partial charge is 0.465 e. The van der Waals surface area contributed by atoms with E-state index < -0.39 is 5.41 Å². The second kappa shape index (κ2) is 4.94. The van der Waals surface area contributed by atoms with Crippen LogP contribution in [0.25, 0.3) is 0 Å². The highest BCUT2D eigenvalue weighted by Crippen LogP contribution is 2.42. The smallest absolute Gasteiger partial charge is 0.319 e. The molecule has 104 valence electrons. The number of aromatic amines is 1. The fraction of sp³-hybridized carbons (Fsp3) is 0.786. The Morgan fingerprint density at radius 2 is 2.11 bits per heavy atom. The van der Waals surface area contributed by atoms with Crippen LogP contribution in [0.4, 0.5) is 0 Å². The van der Waals surface area contributed by atoms with Gasteiger partial charge in [-0.2, -0.15) is 5.10 Å². The minimum Gasteiger partial charge on any atom is -0.465 e. The normalized spacial score (nSPS) is 22.2. The fourth-order valence-corrected chi connectivity index (χ4v) is 2.97. The van der Waals surface area contributed by atoms with E-state index in [-0.39, 0.29) is 5.97 Å². The molecule has 1 heterocycles. The van der Waals surface area contributed by atoms with Gasteiger partial charge in [0, 0.05) is 5.92 Å². The lowest BCUT2D eigenvalue weighted by atomic mass is 9.73. The average molecular weight is 263 g/mol. The van der Waals surface area contributed by atoms with Crippen molar-refractivity contribution in [2.45, 2.75) is 63.2 Å². The van der Waals surface area contributed by atoms with Crippen LogP contribution < -0.4 is 0 Å². The lowest BCUT2D eigenvalue weighted by Crippen LogP contribution is -2.40. The van der Waals surface area contributed by atoms with Gasteiger partial charge in [0.1, 0.15) is 11.2 Å². The molecule has 0 aromatic carbocycles. The van der Waals surface area contributed by atoms with Crippen molar-refractivity contribution in [3.05, 3.63) is 11.6 Å². The van der Waals surface area contributed by atoms with Crippen LogP contribution in [0.1, 0.15) is 69.4 Å². The zero-order chi connectivity index (χ0) is 13.3. The number of esters is 1. The number of carbonyl (C=O) groups excluding carboxylic acids is 1. The SMILES string of the molecule is CCOC(=O)C1(c2n[nH]c(C3CC3)n2)CCCCC1. The first-order valence-electron chi connectivity index (χ1n) is 7.36. The number of carbonyl (C=O) groups is 1. The van der Waals surface area contributed by atoms with Crippen LogP contribution in [-0.4, -0.2) is 27.8 Å². The van der Waals surface area contributed by atoms with Crippen molar-refractivity contribution in [1.29, 1.82) is 0 Å². The highest BCUT2D eigenvalue weighted by Gasteiger charge is 2.46. The number of hydrogen-bond acceptors (Lipinski definition) is 4. The molecule has 2 saturated carbocycles. The summed E-state index contributed by atoms with van der Waals surface area (Å²) < 4.78 is 5.29. The first-order chi connectivity index (χ1) is 9.26. The molecule has 1 aromatic heterocycles. The van der Waals surface area contributed by atoms with E-state index in [0.29, 0.717) is 18.3 Å². The molecule has 1 N–H and O–H groups in total. The van der Waals surface area contributed by atoms with E-state index in [9.17, 15) is 4.79 Å². The third-order valence-corrected chi connectivity index (χ3v) is 4.27. The van der Waals surface area contributed by atoms with E-state index in [1.807, 2.05) is 6.92 Å². The van der Waals surface area contributed by atoms with Crippen molar-refractivity contribution in [1.82, 2.24) is 15.2 Å². The van der Waals surface area contributed by atoms with Gasteiger partial charge in [0.05, 0.1) is 6.61 Å². The Hall–Kier alpha value is -1.39. The molecule has 2 aliphatic carbocycles. The molecular formula is C14H21N3O2. The predicted octanol–water partition coefficient (Wildman–Crippen LogP) is 2.45. The molecule has 0 spiro atoms. The molecule has 0 amide bonds. The Morgan fingerprint density at radius 1 is 1.37 bits per heavy atom. The molecule has 2 fully saturated rings. The van der Waals surface area contributed by atoms with Gasteiger partial charge in [-0.1, -0.05) is 19.3 Å². The predicted molar refractivity (Wildman–Crippen MR) is 69.8 cm³/mol. The maximum absolute atomic E-state index is 12.4. The number of nitrogens with zero attached hydrogens (tertiary/aromatic N) is 2. The first kappa shape index (κ1) is 12.6. The monoisotopic (exact) mass is 263 g/mol. The topological polar surface area (TPSA) is 67.9 Å². The summed E-state index contributed by atoms with van der Waals surface area (Å²) in [7, 11) is 0. The summed E-state index contributed by atoms with van der Waals surface area (Å²) in [6.45, 7) is 2.27. The molecule has 5 nitrogen and oxygen atoms in total. The van der Waals surface area contributed by atoms with Crippen LogP contribution >= 0.6 is 0 Å². The van der Waals surface area contributed by atoms with Gasteiger partial charge >= 0.3 is 5.97 Å². The number of hydrogen-bond donors (Lipinski definition) is 1. The summed E-state index contributed by atoms with van der Waals surface area (Å²) in [5, 5.41) is 7.36. The molecule has 5 heteroatoms. The van der Waals surface area contributed by atoms with Crippen LogP contribution in [0.15, 0.2) is 0 Å². The van der Waals surface area contributed by atoms with Crippen LogP contribution in [-0.2, 0) is 14.9 Å². The first-order valence-corrected chi connectivity index (χ1v) is 7.36. The standard InChI is InChI=1S/C14H21N3O2/c1-2-19-13(18)14(8-4-3-5-9-14)12-15-11(16-17-12)10-6-7-10/h10H,2-9H2,1H3,(H,15,16,17). The Bertz CT molecular complexity index is 459. The van der Waals surface area contributed by atoms with Gasteiger partial charge in [0.2, 0.25) is 0 Å². The van der Waals surface area contributed by atoms with Crippen molar-refractivity contribution in [3.8, 4) is 0 Å². The van der Waals surface area contributed by atoms with Crippen LogP contribution in [0.3, 0.4) is 0 Å². The van der Waals surface area contributed by atoms with Gasteiger partial charge in [-0.05, 0) is 32.6 Å². The summed E-state index contributed by atoms with van der Waals surface area (Å²) in [6, 6.07) is 0. The molecule has 1 aromatic rings. The highest BCUT2D eigenvalue weighted by molar-refractivity contribution is 5.82.